The third-order valence-corrected chi connectivity index (χ3v) is 3.70. The van der Waals surface area contributed by atoms with Crippen LogP contribution >= 0.6 is 38.9 Å². The van der Waals surface area contributed by atoms with Crippen molar-refractivity contribution in [2.24, 2.45) is 0 Å². The summed E-state index contributed by atoms with van der Waals surface area (Å²) < 4.78 is 1.60. The predicted octanol–water partition coefficient (Wildman–Crippen LogP) is 4.57. The highest BCUT2D eigenvalue weighted by atomic mass is 79.9. The van der Waals surface area contributed by atoms with E-state index in [4.69, 9.17) is 11.6 Å². The number of aromatic nitrogens is 2. The van der Waals surface area contributed by atoms with Crippen molar-refractivity contribution in [3.8, 4) is 10.6 Å². The minimum atomic E-state index is 0.779. The fourth-order valence-electron chi connectivity index (χ4n) is 1.38. The van der Waals surface area contributed by atoms with E-state index in [1.807, 2.05) is 18.2 Å². The maximum atomic E-state index is 5.91. The van der Waals surface area contributed by atoms with Crippen LogP contribution in [-0.4, -0.2) is 9.97 Å². The fraction of sp³-hybridized carbons (Fsp3) is 0.273. The molecule has 0 aromatic carbocycles. The second-order valence-corrected chi connectivity index (χ2v) is 5.87. The van der Waals surface area contributed by atoms with Crippen molar-refractivity contribution in [2.75, 3.05) is 0 Å². The van der Waals surface area contributed by atoms with Gasteiger partial charge in [-0.1, -0.05) is 18.5 Å². The average Bonchev–Trinajstić information content (AvgIpc) is 2.64. The van der Waals surface area contributed by atoms with Crippen LogP contribution in [0.1, 0.15) is 19.2 Å². The van der Waals surface area contributed by atoms with E-state index in [1.165, 1.54) is 11.3 Å². The van der Waals surface area contributed by atoms with Gasteiger partial charge in [-0.25, -0.2) is 9.97 Å². The van der Waals surface area contributed by atoms with E-state index in [-0.39, 0.29) is 0 Å². The van der Waals surface area contributed by atoms with Gasteiger partial charge in [-0.2, -0.15) is 0 Å². The van der Waals surface area contributed by atoms with Crippen LogP contribution in [-0.2, 0) is 6.42 Å². The van der Waals surface area contributed by atoms with Gasteiger partial charge >= 0.3 is 0 Å². The molecule has 2 heterocycles. The lowest BCUT2D eigenvalue weighted by Gasteiger charge is -2.02. The molecule has 0 amide bonds. The average molecular weight is 318 g/mol. The molecule has 2 nitrogen and oxygen atoms in total. The largest absolute Gasteiger partial charge is 0.232 e. The highest BCUT2D eigenvalue weighted by Crippen LogP contribution is 2.30. The fourth-order valence-corrected chi connectivity index (χ4v) is 2.80. The van der Waals surface area contributed by atoms with Crippen LogP contribution in [0.15, 0.2) is 22.8 Å². The molecule has 0 fully saturated rings. The van der Waals surface area contributed by atoms with Crippen molar-refractivity contribution in [1.82, 2.24) is 9.97 Å². The monoisotopic (exact) mass is 316 g/mol. The lowest BCUT2D eigenvalue weighted by atomic mass is 10.3. The summed E-state index contributed by atoms with van der Waals surface area (Å²) >= 11 is 10.9. The minimum absolute atomic E-state index is 0.779. The molecular formula is C11H10BrClN2S. The SMILES string of the molecule is CCCc1nc(Br)cc(-c2ccc(Cl)s2)n1. The van der Waals surface area contributed by atoms with E-state index in [9.17, 15) is 0 Å². The van der Waals surface area contributed by atoms with Gasteiger partial charge in [-0.05, 0) is 40.5 Å². The number of aryl methyl sites for hydroxylation is 1. The highest BCUT2D eigenvalue weighted by Gasteiger charge is 2.07. The molecule has 0 saturated carbocycles. The Kier molecular flexibility index (Phi) is 3.95. The summed E-state index contributed by atoms with van der Waals surface area (Å²) in [6.45, 7) is 2.12. The van der Waals surface area contributed by atoms with Crippen molar-refractivity contribution in [3.05, 3.63) is 33.0 Å². The molecule has 0 bridgehead atoms. The molecule has 2 aromatic rings. The van der Waals surface area contributed by atoms with Crippen molar-refractivity contribution in [1.29, 1.82) is 0 Å². The molecule has 0 unspecified atom stereocenters. The molecule has 0 spiro atoms. The topological polar surface area (TPSA) is 25.8 Å². The first-order valence-corrected chi connectivity index (χ1v) is 6.97. The van der Waals surface area contributed by atoms with E-state index in [0.29, 0.717) is 0 Å². The smallest absolute Gasteiger partial charge is 0.130 e. The molecule has 16 heavy (non-hydrogen) atoms. The number of thiophene rings is 1. The Hall–Kier alpha value is -0.450. The Morgan fingerprint density at radius 2 is 2.19 bits per heavy atom. The lowest BCUT2D eigenvalue weighted by molar-refractivity contribution is 0.831. The molecule has 0 atom stereocenters. The third-order valence-electron chi connectivity index (χ3n) is 2.04. The van der Waals surface area contributed by atoms with Gasteiger partial charge < -0.3 is 0 Å². The zero-order chi connectivity index (χ0) is 11.5. The van der Waals surface area contributed by atoms with E-state index >= 15 is 0 Å². The molecule has 2 rings (SSSR count). The molecule has 2 aromatic heterocycles. The maximum absolute atomic E-state index is 5.91. The Morgan fingerprint density at radius 3 is 2.81 bits per heavy atom. The summed E-state index contributed by atoms with van der Waals surface area (Å²) in [5.41, 5.74) is 0.933. The molecule has 84 valence electrons. The number of halogens is 2. The Bertz CT molecular complexity index is 498. The first-order chi connectivity index (χ1) is 7.69. The molecular weight excluding hydrogens is 308 g/mol. The standard InChI is InChI=1S/C11H10BrClN2S/c1-2-3-11-14-7(6-9(12)15-11)8-4-5-10(13)16-8/h4-6H,2-3H2,1H3. The normalized spacial score (nSPS) is 10.7. The summed E-state index contributed by atoms with van der Waals surface area (Å²) in [5.74, 6) is 0.872. The van der Waals surface area contributed by atoms with Crippen molar-refractivity contribution in [2.45, 2.75) is 19.8 Å². The molecule has 0 aliphatic rings. The van der Waals surface area contributed by atoms with Gasteiger partial charge in [0, 0.05) is 6.42 Å². The molecule has 0 radical (unpaired) electrons. The molecule has 0 N–H and O–H groups in total. The zero-order valence-electron chi connectivity index (χ0n) is 8.70. The molecule has 5 heteroatoms. The second kappa shape index (κ2) is 5.25. The predicted molar refractivity (Wildman–Crippen MR) is 72.1 cm³/mol. The van der Waals surface area contributed by atoms with Gasteiger partial charge in [0.05, 0.1) is 14.9 Å². The molecule has 0 aliphatic heterocycles. The van der Waals surface area contributed by atoms with Gasteiger partial charge in [0.2, 0.25) is 0 Å². The summed E-state index contributed by atoms with van der Waals surface area (Å²) in [6.07, 6.45) is 1.94. The minimum Gasteiger partial charge on any atom is -0.232 e. The van der Waals surface area contributed by atoms with Gasteiger partial charge in [0.15, 0.2) is 0 Å². The summed E-state index contributed by atoms with van der Waals surface area (Å²) in [7, 11) is 0. The van der Waals surface area contributed by atoms with E-state index in [1.54, 1.807) is 0 Å². The van der Waals surface area contributed by atoms with Crippen molar-refractivity contribution >= 4 is 38.9 Å². The van der Waals surface area contributed by atoms with Crippen LogP contribution in [0, 0.1) is 0 Å². The second-order valence-electron chi connectivity index (χ2n) is 3.35. The van der Waals surface area contributed by atoms with Gasteiger partial charge in [-0.3, -0.25) is 0 Å². The van der Waals surface area contributed by atoms with E-state index in [0.717, 1.165) is 38.2 Å². The molecule has 0 saturated heterocycles. The molecule has 0 aliphatic carbocycles. The van der Waals surface area contributed by atoms with Gasteiger partial charge in [0.1, 0.15) is 10.4 Å². The first kappa shape index (κ1) is 12.0. The van der Waals surface area contributed by atoms with Crippen LogP contribution in [0.5, 0.6) is 0 Å². The highest BCUT2D eigenvalue weighted by molar-refractivity contribution is 9.10. The van der Waals surface area contributed by atoms with Crippen molar-refractivity contribution in [3.63, 3.8) is 0 Å². The van der Waals surface area contributed by atoms with Gasteiger partial charge in [0.25, 0.3) is 0 Å². The van der Waals surface area contributed by atoms with Crippen molar-refractivity contribution < 1.29 is 0 Å². The summed E-state index contributed by atoms with van der Waals surface area (Å²) in [5, 5.41) is 0. The van der Waals surface area contributed by atoms with Crippen LogP contribution in [0.3, 0.4) is 0 Å². The van der Waals surface area contributed by atoms with Crippen LogP contribution in [0.4, 0.5) is 0 Å². The number of hydrogen-bond acceptors (Lipinski definition) is 3. The first-order valence-electron chi connectivity index (χ1n) is 4.98. The van der Waals surface area contributed by atoms with Crippen LogP contribution < -0.4 is 0 Å². The number of nitrogens with zero attached hydrogens (tertiary/aromatic N) is 2. The maximum Gasteiger partial charge on any atom is 0.130 e. The lowest BCUT2D eigenvalue weighted by Crippen LogP contribution is -1.96. The Morgan fingerprint density at radius 1 is 1.38 bits per heavy atom. The summed E-state index contributed by atoms with van der Waals surface area (Å²) in [6, 6.07) is 5.79. The van der Waals surface area contributed by atoms with Crippen LogP contribution in [0.2, 0.25) is 4.34 Å². The number of rotatable bonds is 3. The van der Waals surface area contributed by atoms with E-state index < -0.39 is 0 Å². The third kappa shape index (κ3) is 2.81. The zero-order valence-corrected chi connectivity index (χ0v) is 11.9. The van der Waals surface area contributed by atoms with E-state index in [2.05, 4.69) is 32.8 Å². The Balaban J connectivity index is 2.40. The van der Waals surface area contributed by atoms with Crippen LogP contribution in [0.25, 0.3) is 10.6 Å². The summed E-state index contributed by atoms with van der Waals surface area (Å²) in [4.78, 5) is 9.93. The number of hydrogen-bond donors (Lipinski definition) is 0. The Labute approximate surface area is 112 Å². The quantitative estimate of drug-likeness (QED) is 0.775. The van der Waals surface area contributed by atoms with Gasteiger partial charge in [-0.15, -0.1) is 11.3 Å².